The maximum atomic E-state index is 12.2. The Bertz CT molecular complexity index is 944. The number of hydrogen-bond acceptors (Lipinski definition) is 2. The fourth-order valence-corrected chi connectivity index (χ4v) is 9.84. The molecule has 5 aliphatic carbocycles. The molecule has 8 atom stereocenters. The number of aliphatic carboxylic acids is 1. The first-order valence-electron chi connectivity index (χ1n) is 13.5. The van der Waals surface area contributed by atoms with Crippen LogP contribution in [0, 0.1) is 44.3 Å². The minimum absolute atomic E-state index is 0.0577. The molecule has 0 spiro atoms. The number of rotatable bonds is 1. The third kappa shape index (κ3) is 2.81. The van der Waals surface area contributed by atoms with Gasteiger partial charge in [-0.25, -0.2) is 0 Å². The molecule has 33 heavy (non-hydrogen) atoms. The number of aliphatic hydroxyl groups is 1. The smallest absolute Gasteiger partial charge is 0.309 e. The Hall–Kier alpha value is -1.09. The van der Waals surface area contributed by atoms with E-state index in [0.717, 1.165) is 32.1 Å². The van der Waals surface area contributed by atoms with E-state index in [9.17, 15) is 15.0 Å². The molecule has 184 valence electrons. The molecule has 0 radical (unpaired) electrons. The Morgan fingerprint density at radius 3 is 2.18 bits per heavy atom. The molecule has 0 heterocycles. The topological polar surface area (TPSA) is 57.5 Å². The summed E-state index contributed by atoms with van der Waals surface area (Å²) in [5, 5.41) is 20.9. The van der Waals surface area contributed by atoms with Crippen molar-refractivity contribution >= 4 is 5.97 Å². The molecule has 0 aromatic rings. The zero-order chi connectivity index (χ0) is 24.2. The Labute approximate surface area is 201 Å². The molecule has 0 saturated heterocycles. The van der Waals surface area contributed by atoms with Crippen LogP contribution >= 0.6 is 0 Å². The van der Waals surface area contributed by atoms with Crippen LogP contribution in [0.2, 0.25) is 0 Å². The van der Waals surface area contributed by atoms with Gasteiger partial charge in [-0.05, 0) is 104 Å². The zero-order valence-electron chi connectivity index (χ0n) is 22.1. The van der Waals surface area contributed by atoms with Crippen LogP contribution < -0.4 is 0 Å². The average Bonchev–Trinajstić information content (AvgIpc) is 2.73. The summed E-state index contributed by atoms with van der Waals surface area (Å²) < 4.78 is 0. The van der Waals surface area contributed by atoms with Gasteiger partial charge in [-0.3, -0.25) is 4.79 Å². The number of carboxylic acids is 1. The molecular formula is C30H46O3. The SMILES string of the molecule is CC1(C)[C@@H](O)CC[C@@]2(C)C3=CC=C4[C@H]5C[C@@](C)(C(=O)O)CC[C@]5(C)CC[C@]4(C)[C@@]3(C)CC[C@@H]12. The standard InChI is InChI=1S/C30H46O3/c1-25(2)21-10-13-30(7)22(28(21,5)12-11-23(25)31)9-8-19-20-18-27(4,24(32)33)15-14-26(20,3)16-17-29(19,30)6/h8-9,20-21,23,31H,10-18H2,1-7H3,(H,32,33)/t20-,21+,23+,26-,27+,28-,29+,30+/m1/s1. The van der Waals surface area contributed by atoms with Crippen LogP contribution in [-0.4, -0.2) is 22.3 Å². The second-order valence-electron chi connectivity index (χ2n) is 14.5. The molecule has 4 fully saturated rings. The quantitative estimate of drug-likeness (QED) is 0.442. The van der Waals surface area contributed by atoms with Crippen molar-refractivity contribution in [3.63, 3.8) is 0 Å². The molecule has 0 aromatic carbocycles. The maximum absolute atomic E-state index is 12.2. The number of fused-ring (bicyclic) bond motifs is 7. The van der Waals surface area contributed by atoms with Gasteiger partial charge in [0.15, 0.2) is 0 Å². The molecule has 5 aliphatic rings. The van der Waals surface area contributed by atoms with Crippen molar-refractivity contribution in [2.45, 2.75) is 112 Å². The van der Waals surface area contributed by atoms with Crippen molar-refractivity contribution in [2.75, 3.05) is 0 Å². The molecule has 0 aromatic heterocycles. The van der Waals surface area contributed by atoms with E-state index in [2.05, 4.69) is 53.7 Å². The first-order valence-corrected chi connectivity index (χ1v) is 13.5. The number of hydrogen-bond donors (Lipinski definition) is 2. The first kappa shape index (κ1) is 23.6. The largest absolute Gasteiger partial charge is 0.481 e. The van der Waals surface area contributed by atoms with Crippen LogP contribution in [0.15, 0.2) is 23.3 Å². The normalized spacial score (nSPS) is 52.9. The van der Waals surface area contributed by atoms with Gasteiger partial charge in [0.2, 0.25) is 0 Å². The van der Waals surface area contributed by atoms with E-state index in [1.54, 1.807) is 11.1 Å². The molecule has 0 bridgehead atoms. The fraction of sp³-hybridized carbons (Fsp3) is 0.833. The van der Waals surface area contributed by atoms with Crippen molar-refractivity contribution in [1.29, 1.82) is 0 Å². The summed E-state index contributed by atoms with van der Waals surface area (Å²) in [6, 6.07) is 0. The van der Waals surface area contributed by atoms with Gasteiger partial charge in [0.25, 0.3) is 0 Å². The highest BCUT2D eigenvalue weighted by Gasteiger charge is 2.66. The lowest BCUT2D eigenvalue weighted by Gasteiger charge is -2.68. The van der Waals surface area contributed by atoms with Crippen LogP contribution in [0.5, 0.6) is 0 Å². The fourth-order valence-electron chi connectivity index (χ4n) is 9.84. The number of aliphatic hydroxyl groups excluding tert-OH is 1. The van der Waals surface area contributed by atoms with Gasteiger partial charge in [-0.1, -0.05) is 64.8 Å². The highest BCUT2D eigenvalue weighted by atomic mass is 16.4. The Morgan fingerprint density at radius 2 is 1.52 bits per heavy atom. The van der Waals surface area contributed by atoms with E-state index in [1.807, 2.05) is 6.92 Å². The van der Waals surface area contributed by atoms with E-state index in [0.29, 0.717) is 11.8 Å². The van der Waals surface area contributed by atoms with Gasteiger partial charge in [0.1, 0.15) is 0 Å². The summed E-state index contributed by atoms with van der Waals surface area (Å²) in [4.78, 5) is 12.2. The van der Waals surface area contributed by atoms with E-state index in [-0.39, 0.29) is 33.2 Å². The van der Waals surface area contributed by atoms with Crippen LogP contribution in [-0.2, 0) is 4.79 Å². The summed E-state index contributed by atoms with van der Waals surface area (Å²) in [6.07, 6.45) is 14.0. The molecule has 3 nitrogen and oxygen atoms in total. The Balaban J connectivity index is 1.62. The second-order valence-corrected chi connectivity index (χ2v) is 14.5. The highest BCUT2D eigenvalue weighted by molar-refractivity contribution is 5.74. The van der Waals surface area contributed by atoms with E-state index in [4.69, 9.17) is 0 Å². The highest BCUT2D eigenvalue weighted by Crippen LogP contribution is 2.74. The monoisotopic (exact) mass is 454 g/mol. The lowest BCUT2D eigenvalue weighted by Crippen LogP contribution is -2.61. The minimum Gasteiger partial charge on any atom is -0.481 e. The third-order valence-corrected chi connectivity index (χ3v) is 12.7. The molecule has 3 heteroatoms. The third-order valence-electron chi connectivity index (χ3n) is 12.7. The molecule has 0 unspecified atom stereocenters. The first-order chi connectivity index (χ1) is 15.1. The van der Waals surface area contributed by atoms with Crippen molar-refractivity contribution in [2.24, 2.45) is 44.3 Å². The van der Waals surface area contributed by atoms with Crippen LogP contribution in [0.25, 0.3) is 0 Å². The lowest BCUT2D eigenvalue weighted by atomic mass is 9.36. The number of carbonyl (C=O) groups is 1. The molecule has 2 N–H and O–H groups in total. The number of allylic oxidation sites excluding steroid dienone is 4. The van der Waals surface area contributed by atoms with Gasteiger partial charge in [-0.15, -0.1) is 0 Å². The lowest BCUT2D eigenvalue weighted by molar-refractivity contribution is -0.155. The zero-order valence-corrected chi connectivity index (χ0v) is 22.1. The summed E-state index contributed by atoms with van der Waals surface area (Å²) in [5.74, 6) is 0.244. The van der Waals surface area contributed by atoms with Gasteiger partial charge < -0.3 is 10.2 Å². The van der Waals surface area contributed by atoms with Crippen molar-refractivity contribution < 1.29 is 15.0 Å². The predicted molar refractivity (Wildman–Crippen MR) is 133 cm³/mol. The maximum Gasteiger partial charge on any atom is 0.309 e. The minimum atomic E-state index is -0.619. The van der Waals surface area contributed by atoms with Crippen LogP contribution in [0.3, 0.4) is 0 Å². The van der Waals surface area contributed by atoms with Crippen LogP contribution in [0.4, 0.5) is 0 Å². The van der Waals surface area contributed by atoms with Crippen molar-refractivity contribution in [3.8, 4) is 0 Å². The van der Waals surface area contributed by atoms with Gasteiger partial charge in [0.05, 0.1) is 11.5 Å². The van der Waals surface area contributed by atoms with E-state index >= 15 is 0 Å². The molecule has 0 amide bonds. The molecular weight excluding hydrogens is 408 g/mol. The molecule has 5 rings (SSSR count). The van der Waals surface area contributed by atoms with Crippen molar-refractivity contribution in [3.05, 3.63) is 23.3 Å². The van der Waals surface area contributed by atoms with E-state index < -0.39 is 11.4 Å². The van der Waals surface area contributed by atoms with Gasteiger partial charge >= 0.3 is 5.97 Å². The summed E-state index contributed by atoms with van der Waals surface area (Å²) in [6.45, 7) is 16.5. The average molecular weight is 455 g/mol. The van der Waals surface area contributed by atoms with E-state index in [1.165, 1.54) is 25.7 Å². The summed E-state index contributed by atoms with van der Waals surface area (Å²) >= 11 is 0. The predicted octanol–water partition coefficient (Wildman–Crippen LogP) is 7.15. The molecule has 4 saturated carbocycles. The second kappa shape index (κ2) is 6.77. The van der Waals surface area contributed by atoms with Gasteiger partial charge in [-0.2, -0.15) is 0 Å². The summed E-state index contributed by atoms with van der Waals surface area (Å²) in [5.41, 5.74) is 3.05. The Morgan fingerprint density at radius 1 is 0.848 bits per heavy atom. The van der Waals surface area contributed by atoms with Crippen molar-refractivity contribution in [1.82, 2.24) is 0 Å². The summed E-state index contributed by atoms with van der Waals surface area (Å²) in [7, 11) is 0. The Kier molecular flexibility index (Phi) is 4.85. The molecule has 0 aliphatic heterocycles. The van der Waals surface area contributed by atoms with Gasteiger partial charge in [0, 0.05) is 0 Å². The number of carboxylic acid groups (broad SMARTS) is 1. The van der Waals surface area contributed by atoms with Crippen LogP contribution in [0.1, 0.15) is 106 Å².